The van der Waals surface area contributed by atoms with Gasteiger partial charge < -0.3 is 14.8 Å². The molecule has 0 aliphatic rings. The minimum atomic E-state index is -0.644. The fourth-order valence-corrected chi connectivity index (χ4v) is 2.70. The summed E-state index contributed by atoms with van der Waals surface area (Å²) in [7, 11) is 3.13. The third-order valence-corrected chi connectivity index (χ3v) is 3.94. The van der Waals surface area contributed by atoms with E-state index in [0.717, 1.165) is 5.56 Å². The molecule has 1 unspecified atom stereocenters. The van der Waals surface area contributed by atoms with Crippen LogP contribution in [0.15, 0.2) is 48.5 Å². The van der Waals surface area contributed by atoms with E-state index in [1.165, 1.54) is 0 Å². The average Bonchev–Trinajstić information content (AvgIpc) is 3.20. The summed E-state index contributed by atoms with van der Waals surface area (Å²) >= 11 is 0. The van der Waals surface area contributed by atoms with Gasteiger partial charge in [0.25, 0.3) is 0 Å². The third-order valence-electron chi connectivity index (χ3n) is 3.94. The first-order valence-electron chi connectivity index (χ1n) is 8.02. The minimum Gasteiger partial charge on any atom is -0.493 e. The summed E-state index contributed by atoms with van der Waals surface area (Å²) in [4.78, 5) is 12.9. The number of ether oxygens (including phenoxy) is 2. The SMILES string of the molecule is COc1cccc(CC(C(=O)Nc2ccccc2)c2nn[nH]n2)c1OC. The van der Waals surface area contributed by atoms with Gasteiger partial charge in [0.1, 0.15) is 5.92 Å². The first kappa shape index (κ1) is 17.4. The van der Waals surface area contributed by atoms with E-state index in [-0.39, 0.29) is 5.91 Å². The van der Waals surface area contributed by atoms with E-state index < -0.39 is 5.92 Å². The molecule has 0 saturated heterocycles. The molecule has 1 atom stereocenters. The molecule has 0 fully saturated rings. The molecule has 2 aromatic carbocycles. The molecule has 2 N–H and O–H groups in total. The van der Waals surface area contributed by atoms with Crippen LogP contribution in [0.3, 0.4) is 0 Å². The van der Waals surface area contributed by atoms with Crippen molar-refractivity contribution in [2.45, 2.75) is 12.3 Å². The monoisotopic (exact) mass is 353 g/mol. The molecule has 134 valence electrons. The number of aromatic nitrogens is 4. The van der Waals surface area contributed by atoms with Crippen LogP contribution in [0.2, 0.25) is 0 Å². The Labute approximate surface area is 150 Å². The van der Waals surface area contributed by atoms with Gasteiger partial charge >= 0.3 is 0 Å². The van der Waals surface area contributed by atoms with E-state index >= 15 is 0 Å². The van der Waals surface area contributed by atoms with E-state index in [4.69, 9.17) is 9.47 Å². The maximum atomic E-state index is 12.9. The number of tetrazole rings is 1. The lowest BCUT2D eigenvalue weighted by atomic mass is 9.96. The number of rotatable bonds is 7. The van der Waals surface area contributed by atoms with Crippen molar-refractivity contribution in [1.29, 1.82) is 0 Å². The number of nitrogens with zero attached hydrogens (tertiary/aromatic N) is 3. The van der Waals surface area contributed by atoms with Gasteiger partial charge in [0.15, 0.2) is 17.3 Å². The summed E-state index contributed by atoms with van der Waals surface area (Å²) in [5.41, 5.74) is 1.51. The average molecular weight is 353 g/mol. The Bertz CT molecular complexity index is 853. The van der Waals surface area contributed by atoms with Crippen LogP contribution in [0.1, 0.15) is 17.3 Å². The highest BCUT2D eigenvalue weighted by molar-refractivity contribution is 5.95. The lowest BCUT2D eigenvalue weighted by molar-refractivity contribution is -0.117. The van der Waals surface area contributed by atoms with Crippen LogP contribution in [0.5, 0.6) is 11.5 Å². The second kappa shape index (κ2) is 8.11. The maximum Gasteiger partial charge on any atom is 0.235 e. The molecule has 1 amide bonds. The molecule has 8 heteroatoms. The van der Waals surface area contributed by atoms with Crippen molar-refractivity contribution in [3.8, 4) is 11.5 Å². The van der Waals surface area contributed by atoms with E-state index in [1.807, 2.05) is 42.5 Å². The van der Waals surface area contributed by atoms with Crippen molar-refractivity contribution in [3.05, 3.63) is 59.9 Å². The van der Waals surface area contributed by atoms with Gasteiger partial charge in [-0.3, -0.25) is 4.79 Å². The van der Waals surface area contributed by atoms with E-state index in [9.17, 15) is 4.79 Å². The number of hydrogen-bond acceptors (Lipinski definition) is 6. The topological polar surface area (TPSA) is 102 Å². The lowest BCUT2D eigenvalue weighted by Crippen LogP contribution is -2.24. The number of methoxy groups -OCH3 is 2. The van der Waals surface area contributed by atoms with Crippen molar-refractivity contribution in [3.63, 3.8) is 0 Å². The second-order valence-electron chi connectivity index (χ2n) is 5.53. The number of aromatic amines is 1. The molecule has 0 aliphatic carbocycles. The molecule has 3 aromatic rings. The Morgan fingerprint density at radius 3 is 2.58 bits per heavy atom. The molecule has 0 spiro atoms. The first-order valence-corrected chi connectivity index (χ1v) is 8.02. The van der Waals surface area contributed by atoms with Crippen molar-refractivity contribution < 1.29 is 14.3 Å². The minimum absolute atomic E-state index is 0.234. The van der Waals surface area contributed by atoms with Gasteiger partial charge in [-0.25, -0.2) is 0 Å². The number of para-hydroxylation sites is 2. The molecule has 0 bridgehead atoms. The van der Waals surface area contributed by atoms with Crippen LogP contribution in [0, 0.1) is 0 Å². The van der Waals surface area contributed by atoms with Gasteiger partial charge in [-0.15, -0.1) is 10.2 Å². The largest absolute Gasteiger partial charge is 0.493 e. The summed E-state index contributed by atoms with van der Waals surface area (Å²) in [6, 6.07) is 14.7. The molecular formula is C18H19N5O3. The quantitative estimate of drug-likeness (QED) is 0.675. The van der Waals surface area contributed by atoms with Crippen LogP contribution in [-0.2, 0) is 11.2 Å². The Morgan fingerprint density at radius 2 is 1.92 bits per heavy atom. The number of amides is 1. The zero-order chi connectivity index (χ0) is 18.4. The number of carbonyl (C=O) groups is 1. The van der Waals surface area contributed by atoms with Crippen LogP contribution in [0.4, 0.5) is 5.69 Å². The Hall–Kier alpha value is -3.42. The highest BCUT2D eigenvalue weighted by Gasteiger charge is 2.27. The smallest absolute Gasteiger partial charge is 0.235 e. The summed E-state index contributed by atoms with van der Waals surface area (Å²) in [5.74, 6) is 0.608. The van der Waals surface area contributed by atoms with Crippen molar-refractivity contribution in [1.82, 2.24) is 20.6 Å². The predicted octanol–water partition coefficient (Wildman–Crippen LogP) is 2.18. The number of hydrogen-bond donors (Lipinski definition) is 2. The van der Waals surface area contributed by atoms with Gasteiger partial charge in [0.05, 0.1) is 14.2 Å². The molecule has 0 saturated carbocycles. The second-order valence-corrected chi connectivity index (χ2v) is 5.53. The molecule has 8 nitrogen and oxygen atoms in total. The van der Waals surface area contributed by atoms with Gasteiger partial charge in [-0.05, 0) is 30.2 Å². The maximum absolute atomic E-state index is 12.9. The highest BCUT2D eigenvalue weighted by Crippen LogP contribution is 2.33. The number of carbonyl (C=O) groups excluding carboxylic acids is 1. The Balaban J connectivity index is 1.90. The molecule has 1 heterocycles. The standard InChI is InChI=1S/C18H19N5O3/c1-25-15-10-6-7-12(16(15)26-2)11-14(17-20-22-23-21-17)18(24)19-13-8-4-3-5-9-13/h3-10,14H,11H2,1-2H3,(H,19,24)(H,20,21,22,23). The van der Waals surface area contributed by atoms with Gasteiger partial charge in [0, 0.05) is 5.69 Å². The molecule has 26 heavy (non-hydrogen) atoms. The number of benzene rings is 2. The molecule has 3 rings (SSSR count). The number of anilines is 1. The van der Waals surface area contributed by atoms with Crippen molar-refractivity contribution in [2.24, 2.45) is 0 Å². The molecule has 0 aliphatic heterocycles. The summed E-state index contributed by atoms with van der Waals surface area (Å²) < 4.78 is 10.8. The zero-order valence-electron chi connectivity index (χ0n) is 14.5. The molecule has 0 radical (unpaired) electrons. The van der Waals surface area contributed by atoms with Gasteiger partial charge in [0.2, 0.25) is 5.91 Å². The molecule has 1 aromatic heterocycles. The fourth-order valence-electron chi connectivity index (χ4n) is 2.70. The van der Waals surface area contributed by atoms with Crippen LogP contribution >= 0.6 is 0 Å². The Kier molecular flexibility index (Phi) is 5.43. The van der Waals surface area contributed by atoms with E-state index in [1.54, 1.807) is 20.3 Å². The fraction of sp³-hybridized carbons (Fsp3) is 0.222. The summed E-state index contributed by atoms with van der Waals surface area (Å²) in [5, 5.41) is 16.8. The summed E-state index contributed by atoms with van der Waals surface area (Å²) in [6.45, 7) is 0. The van der Waals surface area contributed by atoms with E-state index in [2.05, 4.69) is 25.9 Å². The zero-order valence-corrected chi connectivity index (χ0v) is 14.5. The predicted molar refractivity (Wildman–Crippen MR) is 95.2 cm³/mol. The first-order chi connectivity index (χ1) is 12.7. The Morgan fingerprint density at radius 1 is 1.12 bits per heavy atom. The normalized spacial score (nSPS) is 11.6. The van der Waals surface area contributed by atoms with Gasteiger partial charge in [-0.1, -0.05) is 35.5 Å². The van der Waals surface area contributed by atoms with Crippen LogP contribution < -0.4 is 14.8 Å². The third kappa shape index (κ3) is 3.80. The lowest BCUT2D eigenvalue weighted by Gasteiger charge is -2.17. The highest BCUT2D eigenvalue weighted by atomic mass is 16.5. The van der Waals surface area contributed by atoms with Crippen molar-refractivity contribution in [2.75, 3.05) is 19.5 Å². The van der Waals surface area contributed by atoms with E-state index in [0.29, 0.717) is 29.4 Å². The molecular weight excluding hydrogens is 334 g/mol. The number of nitrogens with one attached hydrogen (secondary N) is 2. The van der Waals surface area contributed by atoms with Crippen LogP contribution in [-0.4, -0.2) is 40.8 Å². The van der Waals surface area contributed by atoms with Crippen molar-refractivity contribution >= 4 is 11.6 Å². The number of H-pyrrole nitrogens is 1. The van der Waals surface area contributed by atoms with Gasteiger partial charge in [-0.2, -0.15) is 5.21 Å². The van der Waals surface area contributed by atoms with Crippen LogP contribution in [0.25, 0.3) is 0 Å². The summed E-state index contributed by atoms with van der Waals surface area (Å²) in [6.07, 6.45) is 0.332.